The molecule has 0 spiro atoms. The zero-order chi connectivity index (χ0) is 11.5. The number of aromatic nitrogens is 2. The van der Waals surface area contributed by atoms with Crippen LogP contribution in [-0.4, -0.2) is 16.5 Å². The van der Waals surface area contributed by atoms with Gasteiger partial charge in [-0.3, -0.25) is 0 Å². The first-order valence-corrected chi connectivity index (χ1v) is 6.19. The molecular weight excluding hydrogens is 242 g/mol. The molecular formula is C11H12ClN3S. The quantitative estimate of drug-likeness (QED) is 0.915. The first-order valence-electron chi connectivity index (χ1n) is 4.99. The topological polar surface area (TPSA) is 51.8 Å². The fourth-order valence-electron chi connectivity index (χ4n) is 1.31. The second kappa shape index (κ2) is 4.91. The summed E-state index contributed by atoms with van der Waals surface area (Å²) in [5.41, 5.74) is 6.50. The lowest BCUT2D eigenvalue weighted by Crippen LogP contribution is -2.12. The van der Waals surface area contributed by atoms with Crippen LogP contribution in [0.3, 0.4) is 0 Å². The molecule has 2 rings (SSSR count). The number of hydrogen-bond donors (Lipinski definition) is 1. The summed E-state index contributed by atoms with van der Waals surface area (Å²) in [6.07, 6.45) is 1.76. The Morgan fingerprint density at radius 3 is 2.88 bits per heavy atom. The van der Waals surface area contributed by atoms with Gasteiger partial charge >= 0.3 is 0 Å². The molecule has 0 amide bonds. The van der Waals surface area contributed by atoms with Crippen LogP contribution in [0.25, 0.3) is 10.6 Å². The van der Waals surface area contributed by atoms with Gasteiger partial charge in [-0.2, -0.15) is 0 Å². The number of nitrogens with two attached hydrogens (primary N) is 1. The van der Waals surface area contributed by atoms with E-state index < -0.39 is 0 Å². The van der Waals surface area contributed by atoms with Crippen molar-refractivity contribution in [3.8, 4) is 10.6 Å². The third-order valence-electron chi connectivity index (χ3n) is 2.29. The van der Waals surface area contributed by atoms with Gasteiger partial charge in [0.1, 0.15) is 5.82 Å². The molecule has 2 aromatic rings. The minimum absolute atomic E-state index is 0.176. The second-order valence-corrected chi connectivity index (χ2v) is 5.26. The predicted molar refractivity (Wildman–Crippen MR) is 67.8 cm³/mol. The molecule has 5 heteroatoms. The van der Waals surface area contributed by atoms with Crippen LogP contribution in [0.15, 0.2) is 24.4 Å². The molecule has 2 aromatic heterocycles. The molecule has 16 heavy (non-hydrogen) atoms. The van der Waals surface area contributed by atoms with E-state index in [1.165, 1.54) is 11.3 Å². The van der Waals surface area contributed by atoms with E-state index >= 15 is 0 Å². The van der Waals surface area contributed by atoms with Gasteiger partial charge in [0.25, 0.3) is 0 Å². The third kappa shape index (κ3) is 2.40. The van der Waals surface area contributed by atoms with Crippen LogP contribution in [0, 0.1) is 0 Å². The number of halogens is 1. The molecule has 0 aliphatic heterocycles. The highest BCUT2D eigenvalue weighted by Gasteiger charge is 2.09. The van der Waals surface area contributed by atoms with Crippen molar-refractivity contribution in [2.45, 2.75) is 12.8 Å². The third-order valence-corrected chi connectivity index (χ3v) is 3.55. The van der Waals surface area contributed by atoms with Gasteiger partial charge < -0.3 is 5.73 Å². The summed E-state index contributed by atoms with van der Waals surface area (Å²) in [5.74, 6) is 0.958. The molecule has 3 nitrogen and oxygen atoms in total. The second-order valence-electron chi connectivity index (χ2n) is 3.54. The highest BCUT2D eigenvalue weighted by Crippen LogP contribution is 2.29. The molecule has 0 fully saturated rings. The molecule has 0 saturated carbocycles. The van der Waals surface area contributed by atoms with Crippen molar-refractivity contribution in [2.24, 2.45) is 5.73 Å². The van der Waals surface area contributed by atoms with Crippen LogP contribution in [0.5, 0.6) is 0 Å². The number of thiophene rings is 1. The van der Waals surface area contributed by atoms with Crippen LogP contribution in [0.1, 0.15) is 18.7 Å². The Hall–Kier alpha value is -0.970. The SMILES string of the molecule is CC(CN)c1nccc(-c2ccc(Cl)s2)n1. The summed E-state index contributed by atoms with van der Waals surface area (Å²) in [7, 11) is 0. The maximum Gasteiger partial charge on any atom is 0.133 e. The Balaban J connectivity index is 2.36. The number of hydrogen-bond acceptors (Lipinski definition) is 4. The van der Waals surface area contributed by atoms with E-state index in [9.17, 15) is 0 Å². The molecule has 0 radical (unpaired) electrons. The molecule has 84 valence electrons. The lowest BCUT2D eigenvalue weighted by Gasteiger charge is -2.07. The zero-order valence-electron chi connectivity index (χ0n) is 8.85. The van der Waals surface area contributed by atoms with Crippen molar-refractivity contribution >= 4 is 22.9 Å². The maximum absolute atomic E-state index is 5.90. The smallest absolute Gasteiger partial charge is 0.133 e. The molecule has 0 aromatic carbocycles. The van der Waals surface area contributed by atoms with Crippen LogP contribution in [0.4, 0.5) is 0 Å². The van der Waals surface area contributed by atoms with Gasteiger partial charge in [-0.1, -0.05) is 18.5 Å². The number of rotatable bonds is 3. The Bertz CT molecular complexity index is 484. The van der Waals surface area contributed by atoms with Crippen molar-refractivity contribution in [1.29, 1.82) is 0 Å². The van der Waals surface area contributed by atoms with Crippen molar-refractivity contribution in [3.05, 3.63) is 34.6 Å². The monoisotopic (exact) mass is 253 g/mol. The minimum atomic E-state index is 0.176. The Morgan fingerprint density at radius 1 is 1.44 bits per heavy atom. The van der Waals surface area contributed by atoms with Crippen LogP contribution >= 0.6 is 22.9 Å². The van der Waals surface area contributed by atoms with Gasteiger partial charge in [-0.05, 0) is 18.2 Å². The van der Waals surface area contributed by atoms with E-state index in [0.29, 0.717) is 6.54 Å². The van der Waals surface area contributed by atoms with Gasteiger partial charge in [0.05, 0.1) is 14.9 Å². The average molecular weight is 254 g/mol. The molecule has 1 atom stereocenters. The zero-order valence-corrected chi connectivity index (χ0v) is 10.4. The van der Waals surface area contributed by atoms with E-state index in [-0.39, 0.29) is 5.92 Å². The molecule has 1 unspecified atom stereocenters. The van der Waals surface area contributed by atoms with Crippen molar-refractivity contribution in [3.63, 3.8) is 0 Å². The highest BCUT2D eigenvalue weighted by molar-refractivity contribution is 7.19. The van der Waals surface area contributed by atoms with Crippen LogP contribution in [0.2, 0.25) is 4.34 Å². The summed E-state index contributed by atoms with van der Waals surface area (Å²) >= 11 is 7.41. The van der Waals surface area contributed by atoms with E-state index in [4.69, 9.17) is 17.3 Å². The molecule has 0 aliphatic rings. The van der Waals surface area contributed by atoms with E-state index in [2.05, 4.69) is 9.97 Å². The Morgan fingerprint density at radius 2 is 2.25 bits per heavy atom. The van der Waals surface area contributed by atoms with Gasteiger partial charge in [0, 0.05) is 18.7 Å². The fraction of sp³-hybridized carbons (Fsp3) is 0.273. The summed E-state index contributed by atoms with van der Waals surface area (Å²) in [4.78, 5) is 9.76. The largest absolute Gasteiger partial charge is 0.330 e. The molecule has 0 saturated heterocycles. The summed E-state index contributed by atoms with van der Waals surface area (Å²) < 4.78 is 0.766. The molecule has 0 aliphatic carbocycles. The first kappa shape index (κ1) is 11.5. The average Bonchev–Trinajstić information content (AvgIpc) is 2.75. The van der Waals surface area contributed by atoms with Crippen molar-refractivity contribution in [2.75, 3.05) is 6.54 Å². The molecule has 2 N–H and O–H groups in total. The van der Waals surface area contributed by atoms with E-state index in [1.54, 1.807) is 6.20 Å². The van der Waals surface area contributed by atoms with Crippen molar-refractivity contribution in [1.82, 2.24) is 9.97 Å². The van der Waals surface area contributed by atoms with Gasteiger partial charge in [-0.15, -0.1) is 11.3 Å². The van der Waals surface area contributed by atoms with E-state index in [0.717, 1.165) is 20.7 Å². The normalized spacial score (nSPS) is 12.7. The maximum atomic E-state index is 5.90. The van der Waals surface area contributed by atoms with Gasteiger partial charge in [-0.25, -0.2) is 9.97 Å². The lowest BCUT2D eigenvalue weighted by molar-refractivity contribution is 0.713. The van der Waals surface area contributed by atoms with Crippen LogP contribution < -0.4 is 5.73 Å². The summed E-state index contributed by atoms with van der Waals surface area (Å²) in [6, 6.07) is 5.72. The van der Waals surface area contributed by atoms with Crippen molar-refractivity contribution < 1.29 is 0 Å². The molecule has 2 heterocycles. The van der Waals surface area contributed by atoms with E-state index in [1.807, 2.05) is 25.1 Å². The lowest BCUT2D eigenvalue weighted by atomic mass is 10.1. The Kier molecular flexibility index (Phi) is 3.53. The minimum Gasteiger partial charge on any atom is -0.330 e. The molecule has 0 bridgehead atoms. The highest BCUT2D eigenvalue weighted by atomic mass is 35.5. The number of nitrogens with zero attached hydrogens (tertiary/aromatic N) is 2. The fourth-order valence-corrected chi connectivity index (χ4v) is 2.32. The van der Waals surface area contributed by atoms with Gasteiger partial charge in [0.15, 0.2) is 0 Å². The summed E-state index contributed by atoms with van der Waals surface area (Å²) in [5, 5.41) is 0. The van der Waals surface area contributed by atoms with Gasteiger partial charge in [0.2, 0.25) is 0 Å². The first-order chi connectivity index (χ1) is 7.70. The van der Waals surface area contributed by atoms with Crippen LogP contribution in [-0.2, 0) is 0 Å². The predicted octanol–water partition coefficient (Wildman–Crippen LogP) is 2.92. The summed E-state index contributed by atoms with van der Waals surface area (Å²) in [6.45, 7) is 2.56. The Labute approximate surface area is 103 Å². The standard InChI is InChI=1S/C11H12ClN3S/c1-7(6-13)11-14-5-4-8(15-11)9-2-3-10(12)16-9/h2-5,7H,6,13H2,1H3.